The number of hydrogen-bond donors (Lipinski definition) is 1. The van der Waals surface area contributed by atoms with Gasteiger partial charge in [-0.2, -0.15) is 0 Å². The Bertz CT molecular complexity index is 430. The average Bonchev–Trinajstić information content (AvgIpc) is 2.52. The number of benzene rings is 2. The van der Waals surface area contributed by atoms with Gasteiger partial charge in [-0.15, -0.1) is 0 Å². The zero-order chi connectivity index (χ0) is 16.7. The van der Waals surface area contributed by atoms with Crippen LogP contribution in [0, 0.1) is 0 Å². The molecular weight excluding hydrogens is 640 g/mol. The third kappa shape index (κ3) is 14.3. The van der Waals surface area contributed by atoms with Gasteiger partial charge in [-0.1, -0.05) is 70.2 Å². The molecule has 0 unspecified atom stereocenters. The third-order valence-electron chi connectivity index (χ3n) is 1.97. The molecule has 2 aromatic rings. The summed E-state index contributed by atoms with van der Waals surface area (Å²) in [6.45, 7) is 8.00. The Kier molecular flexibility index (Phi) is 20.1. The minimum absolute atomic E-state index is 0.278. The first-order chi connectivity index (χ1) is 10.1. The van der Waals surface area contributed by atoms with Crippen LogP contribution in [0.2, 0.25) is 0 Å². The Labute approximate surface area is 167 Å². The number of halogens is 3. The number of aromatic hydroxyl groups is 1. The van der Waals surface area contributed by atoms with Gasteiger partial charge in [0.1, 0.15) is 5.75 Å². The second-order valence-corrected chi connectivity index (χ2v) is 38.5. The molecule has 21 heavy (non-hydrogen) atoms. The molecule has 0 fully saturated rings. The summed E-state index contributed by atoms with van der Waals surface area (Å²) in [5.41, 5.74) is 2.29. The van der Waals surface area contributed by atoms with E-state index in [1.165, 1.54) is 5.56 Å². The molecule has 0 amide bonds. The molecule has 0 spiro atoms. The Hall–Kier alpha value is 1.01. The Balaban J connectivity index is 0. The molecule has 0 aliphatic carbocycles. The molecule has 5 heteroatoms. The topological polar surface area (TPSA) is 20.2 Å². The minimum atomic E-state index is -0.278. The molecule has 0 bridgehead atoms. The summed E-state index contributed by atoms with van der Waals surface area (Å²) in [6, 6.07) is 17.3. The summed E-state index contributed by atoms with van der Waals surface area (Å²) in [4.78, 5) is -0.278. The molecule has 1 N–H and O–H groups in total. The van der Waals surface area contributed by atoms with Crippen molar-refractivity contribution >= 4 is 59.9 Å². The van der Waals surface area contributed by atoms with Crippen LogP contribution in [0.4, 0.5) is 0 Å². The van der Waals surface area contributed by atoms with E-state index in [-0.39, 0.29) is 4.92 Å². The zero-order valence-corrected chi connectivity index (χ0v) is 20.6. The second-order valence-electron chi connectivity index (χ2n) is 3.10. The normalized spacial score (nSPS) is 8.38. The number of phenols is 1. The standard InChI is InChI=1S/C12H10O.2C2H6.3HI.V/c13-12-8-6-11(7-9-12)10-4-2-1-3-5-10;2*1-2;;;;/h1-9,13H;2*1-2H3;3*1H;/q;;;;;;+3/p-3. The van der Waals surface area contributed by atoms with Gasteiger partial charge in [0.2, 0.25) is 0 Å². The van der Waals surface area contributed by atoms with Gasteiger partial charge in [0.15, 0.2) is 0 Å². The third-order valence-corrected chi connectivity index (χ3v) is 1.97. The fourth-order valence-electron chi connectivity index (χ4n) is 1.28. The van der Waals surface area contributed by atoms with Crippen LogP contribution >= 0.6 is 59.9 Å². The first-order valence-corrected chi connectivity index (χ1v) is 20.2. The van der Waals surface area contributed by atoms with Gasteiger partial charge in [0.25, 0.3) is 0 Å². The van der Waals surface area contributed by atoms with Crippen molar-refractivity contribution in [2.75, 3.05) is 0 Å². The summed E-state index contributed by atoms with van der Waals surface area (Å²) in [5, 5.41) is 9.10. The summed E-state index contributed by atoms with van der Waals surface area (Å²) in [5.74, 6) is 0.305. The van der Waals surface area contributed by atoms with Crippen LogP contribution in [0.3, 0.4) is 0 Å². The van der Waals surface area contributed by atoms with Crippen LogP contribution in [0.25, 0.3) is 11.1 Å². The summed E-state index contributed by atoms with van der Waals surface area (Å²) in [7, 11) is 0. The molecule has 0 aliphatic rings. The average molecular weight is 662 g/mol. The predicted octanol–water partition coefficient (Wildman–Crippen LogP) is 7.77. The predicted molar refractivity (Wildman–Crippen MR) is 118 cm³/mol. The van der Waals surface area contributed by atoms with Gasteiger partial charge < -0.3 is 5.11 Å². The van der Waals surface area contributed by atoms with Crippen LogP contribution in [-0.4, -0.2) is 5.11 Å². The van der Waals surface area contributed by atoms with E-state index in [9.17, 15) is 0 Å². The van der Waals surface area contributed by atoms with Crippen molar-refractivity contribution in [3.8, 4) is 16.9 Å². The molecule has 0 radical (unpaired) electrons. The van der Waals surface area contributed by atoms with Gasteiger partial charge in [-0.05, 0) is 23.3 Å². The van der Waals surface area contributed by atoms with Crippen molar-refractivity contribution in [1.82, 2.24) is 0 Å². The molecule has 1 nitrogen and oxygen atoms in total. The van der Waals surface area contributed by atoms with Crippen LogP contribution < -0.4 is 0 Å². The summed E-state index contributed by atoms with van der Waals surface area (Å²) >= 11 is 7.39. The molecule has 0 saturated heterocycles. The molecule has 0 atom stereocenters. The van der Waals surface area contributed by atoms with E-state index >= 15 is 0 Å². The Morgan fingerprint density at radius 1 is 0.667 bits per heavy atom. The van der Waals surface area contributed by atoms with Gasteiger partial charge in [-0.25, -0.2) is 0 Å². The second kappa shape index (κ2) is 17.4. The van der Waals surface area contributed by atoms with E-state index in [1.807, 2.05) is 70.2 Å². The van der Waals surface area contributed by atoms with Crippen molar-refractivity contribution in [2.24, 2.45) is 0 Å². The molecule has 0 aliphatic heterocycles. The summed E-state index contributed by atoms with van der Waals surface area (Å²) < 4.78 is 0. The fraction of sp³-hybridized carbons (Fsp3) is 0.250. The molecule has 118 valence electrons. The monoisotopic (exact) mass is 662 g/mol. The zero-order valence-electron chi connectivity index (χ0n) is 12.7. The molecular formula is C16H22I3OV. The van der Waals surface area contributed by atoms with E-state index in [0.717, 1.165) is 5.56 Å². The number of phenolic OH excluding ortho intramolecular Hbond substituents is 1. The van der Waals surface area contributed by atoms with Crippen LogP contribution in [0.1, 0.15) is 27.7 Å². The summed E-state index contributed by atoms with van der Waals surface area (Å²) in [6.07, 6.45) is 0. The Morgan fingerprint density at radius 2 is 1.00 bits per heavy atom. The SMILES string of the molecule is CC.CC.Oc1ccc(-c2ccccc2)cc1.[I][V]([I])[I]. The van der Waals surface area contributed by atoms with Crippen LogP contribution in [0.15, 0.2) is 54.6 Å². The van der Waals surface area contributed by atoms with E-state index in [0.29, 0.717) is 5.75 Å². The van der Waals surface area contributed by atoms with Crippen molar-refractivity contribution in [3.05, 3.63) is 54.6 Å². The van der Waals surface area contributed by atoms with Gasteiger partial charge in [0, 0.05) is 0 Å². The van der Waals surface area contributed by atoms with Gasteiger partial charge in [0.05, 0.1) is 0 Å². The number of hydrogen-bond acceptors (Lipinski definition) is 1. The maximum absolute atomic E-state index is 9.10. The molecule has 2 aromatic carbocycles. The van der Waals surface area contributed by atoms with E-state index < -0.39 is 0 Å². The quantitative estimate of drug-likeness (QED) is 0.310. The van der Waals surface area contributed by atoms with Crippen molar-refractivity contribution in [2.45, 2.75) is 27.7 Å². The first kappa shape index (κ1) is 24.3. The van der Waals surface area contributed by atoms with Crippen LogP contribution in [0.5, 0.6) is 5.75 Å². The van der Waals surface area contributed by atoms with Crippen molar-refractivity contribution in [1.29, 1.82) is 0 Å². The molecule has 0 saturated carbocycles. The van der Waals surface area contributed by atoms with Crippen molar-refractivity contribution < 1.29 is 10.0 Å². The Morgan fingerprint density at radius 3 is 1.38 bits per heavy atom. The molecule has 0 aromatic heterocycles. The maximum atomic E-state index is 9.10. The van der Waals surface area contributed by atoms with E-state index in [4.69, 9.17) is 5.11 Å². The van der Waals surface area contributed by atoms with Gasteiger partial charge >= 0.3 is 64.9 Å². The first-order valence-electron chi connectivity index (χ1n) is 6.71. The fourth-order valence-corrected chi connectivity index (χ4v) is 1.28. The van der Waals surface area contributed by atoms with E-state index in [1.54, 1.807) is 12.1 Å². The van der Waals surface area contributed by atoms with E-state index in [2.05, 4.69) is 59.9 Å². The van der Waals surface area contributed by atoms with Crippen LogP contribution in [-0.2, 0) is 4.92 Å². The number of rotatable bonds is 1. The van der Waals surface area contributed by atoms with Gasteiger partial charge in [-0.3, -0.25) is 0 Å². The molecule has 0 heterocycles. The molecule has 2 rings (SSSR count). The van der Waals surface area contributed by atoms with Crippen molar-refractivity contribution in [3.63, 3.8) is 0 Å².